The van der Waals surface area contributed by atoms with E-state index < -0.39 is 245 Å². The van der Waals surface area contributed by atoms with Crippen LogP contribution in [0.5, 0.6) is 0 Å². The normalized spacial score (nSPS) is 20.2. The number of para-hydroxylation sites is 1. The molecule has 1 nitrogen and oxygen atoms in total. The lowest BCUT2D eigenvalue weighted by Crippen LogP contribution is -1.93. The number of fused-ring (bicyclic) bond motifs is 6. The summed E-state index contributed by atoms with van der Waals surface area (Å²) in [6, 6.07) is -24.3. The van der Waals surface area contributed by atoms with Crippen molar-refractivity contribution in [1.82, 2.24) is 0 Å². The highest BCUT2D eigenvalue weighted by Crippen LogP contribution is 2.48. The molecule has 9 rings (SSSR count). The highest BCUT2D eigenvalue weighted by atomic mass is 16.3. The summed E-state index contributed by atoms with van der Waals surface area (Å²) >= 11 is 0. The second kappa shape index (κ2) is 9.44. The molecule has 1 aromatic heterocycles. The van der Waals surface area contributed by atoms with E-state index >= 15 is 0 Å². The maximum absolute atomic E-state index is 9.50. The fourth-order valence-electron chi connectivity index (χ4n) is 5.27. The Labute approximate surface area is 285 Å². The van der Waals surface area contributed by atoms with Crippen LogP contribution in [-0.4, -0.2) is 0 Å². The molecule has 0 radical (unpaired) electrons. The lowest BCUT2D eigenvalue weighted by molar-refractivity contribution is 0.669. The Hall–Kier alpha value is -5.66. The average molecular weight is 573 g/mol. The minimum Gasteiger partial charge on any atom is -0.456 e. The summed E-state index contributed by atoms with van der Waals surface area (Å²) in [5.41, 5.74) is -5.87. The van der Waals surface area contributed by atoms with Gasteiger partial charge in [0.15, 0.2) is 0 Å². The van der Waals surface area contributed by atoms with E-state index in [9.17, 15) is 12.3 Å². The van der Waals surface area contributed by atoms with Crippen LogP contribution in [0.1, 0.15) is 35.6 Å². The van der Waals surface area contributed by atoms with Crippen LogP contribution >= 0.6 is 0 Å². The maximum atomic E-state index is 9.50. The van der Waals surface area contributed by atoms with Crippen LogP contribution in [0.25, 0.3) is 87.6 Å². The Kier molecular flexibility index (Phi) is 2.13. The van der Waals surface area contributed by atoms with Gasteiger partial charge in [-0.15, -0.1) is 0 Å². The van der Waals surface area contributed by atoms with E-state index in [1.165, 1.54) is 0 Å². The maximum Gasteiger partial charge on any atom is 0.136 e. The second-order valence-corrected chi connectivity index (χ2v) is 9.26. The molecule has 0 amide bonds. The molecule has 1 heterocycles. The second-order valence-electron chi connectivity index (χ2n) is 9.26. The molecule has 9 aromatic rings. The van der Waals surface area contributed by atoms with Crippen molar-refractivity contribution in [3.8, 4) is 33.4 Å². The zero-order valence-corrected chi connectivity index (χ0v) is 21.4. The summed E-state index contributed by atoms with van der Waals surface area (Å²) in [6.07, 6.45) is 0. The monoisotopic (exact) mass is 572 g/mol. The molecule has 0 spiro atoms. The van der Waals surface area contributed by atoms with Crippen molar-refractivity contribution in [2.75, 3.05) is 0 Å². The number of hydrogen-bond acceptors (Lipinski definition) is 1. The van der Waals surface area contributed by atoms with E-state index in [0.717, 1.165) is 0 Å². The summed E-state index contributed by atoms with van der Waals surface area (Å²) in [5.74, 6) is 0. The highest BCUT2D eigenvalue weighted by Gasteiger charge is 2.21. The standard InChI is InChI=1S/C42H26O/c1-2-13-28-26-29(25-24-27(28)12-1)30-14-3-4-15-31(30)40-32-16-5-7-18-34(32)41(35-19-8-6-17-33(35)40)37-21-11-23-39-42(37)36-20-9-10-22-38(36)43-39/h1-26H/i1D,2D,3D,4D,5D,6D,7D,8D,9D,10D,11D,12D,13D,14D,15D,16D,17D,18D,19D,20D,21D,22D,23D,24D,25D,26D. The average Bonchev–Trinajstić information content (AvgIpc) is 3.72. The Morgan fingerprint density at radius 2 is 0.884 bits per heavy atom. The van der Waals surface area contributed by atoms with Gasteiger partial charge in [0.2, 0.25) is 0 Å². The minimum absolute atomic E-state index is 0.481. The van der Waals surface area contributed by atoms with E-state index in [2.05, 4.69) is 0 Å². The van der Waals surface area contributed by atoms with Crippen molar-refractivity contribution in [3.05, 3.63) is 157 Å². The molecule has 0 aliphatic heterocycles. The van der Waals surface area contributed by atoms with E-state index in [0.29, 0.717) is 0 Å². The van der Waals surface area contributed by atoms with Crippen molar-refractivity contribution >= 4 is 54.3 Å². The van der Waals surface area contributed by atoms with Crippen LogP contribution in [0.3, 0.4) is 0 Å². The van der Waals surface area contributed by atoms with Gasteiger partial charge in [-0.05, 0) is 83.8 Å². The molecule has 8 aromatic carbocycles. The Morgan fingerprint density at radius 3 is 1.60 bits per heavy atom. The third kappa shape index (κ3) is 3.65. The molecular weight excluding hydrogens is 520 g/mol. The van der Waals surface area contributed by atoms with Gasteiger partial charge in [0.05, 0.1) is 35.6 Å². The molecule has 0 saturated carbocycles. The first-order chi connectivity index (χ1) is 32.2. The van der Waals surface area contributed by atoms with Gasteiger partial charge in [0.1, 0.15) is 11.2 Å². The summed E-state index contributed by atoms with van der Waals surface area (Å²) < 4.78 is 239. The fourth-order valence-corrected chi connectivity index (χ4v) is 5.27. The van der Waals surface area contributed by atoms with Gasteiger partial charge in [-0.2, -0.15) is 0 Å². The molecule has 0 N–H and O–H groups in total. The van der Waals surface area contributed by atoms with Gasteiger partial charge in [-0.1, -0.05) is 139 Å². The molecule has 0 unspecified atom stereocenters. The number of benzene rings is 8. The van der Waals surface area contributed by atoms with Crippen LogP contribution in [0, 0.1) is 0 Å². The quantitative estimate of drug-likeness (QED) is 0.192. The molecule has 0 aliphatic rings. The van der Waals surface area contributed by atoms with Crippen LogP contribution in [-0.2, 0) is 0 Å². The lowest BCUT2D eigenvalue weighted by Gasteiger charge is -2.20. The zero-order valence-electron chi connectivity index (χ0n) is 47.4. The molecule has 0 saturated heterocycles. The summed E-state index contributed by atoms with van der Waals surface area (Å²) in [4.78, 5) is 0. The van der Waals surface area contributed by atoms with E-state index in [1.54, 1.807) is 0 Å². The predicted molar refractivity (Wildman–Crippen MR) is 183 cm³/mol. The topological polar surface area (TPSA) is 13.1 Å². The van der Waals surface area contributed by atoms with Gasteiger partial charge in [0, 0.05) is 10.8 Å². The smallest absolute Gasteiger partial charge is 0.136 e. The molecule has 200 valence electrons. The Morgan fingerprint density at radius 1 is 0.372 bits per heavy atom. The van der Waals surface area contributed by atoms with Gasteiger partial charge < -0.3 is 4.42 Å². The van der Waals surface area contributed by atoms with Crippen LogP contribution in [0.2, 0.25) is 0 Å². The van der Waals surface area contributed by atoms with Crippen molar-refractivity contribution in [2.24, 2.45) is 0 Å². The first kappa shape index (κ1) is 9.69. The van der Waals surface area contributed by atoms with Gasteiger partial charge in [-0.3, -0.25) is 0 Å². The van der Waals surface area contributed by atoms with E-state index in [-0.39, 0.29) is 0 Å². The van der Waals surface area contributed by atoms with E-state index in [1.807, 2.05) is 0 Å². The molecular formula is C42H26O. The molecule has 0 aliphatic carbocycles. The summed E-state index contributed by atoms with van der Waals surface area (Å²) in [6.45, 7) is 0. The SMILES string of the molecule is [2H]c1c([2H])c([2H])c(-c2c3c([2H])c([2H])c([2H])c([2H])c3c(-c3c([2H])c([2H])c([2H])c4oc5c([2H])c([2H])c([2H])c([2H])c5c34)c3c([2H])c([2H])c([2H])c([2H])c23)c(-c2c([2H])c([2H])c3c([2H])c([2H])c([2H])c([2H])c3c2[2H])c1[2H]. The molecule has 1 heteroatoms. The van der Waals surface area contributed by atoms with Crippen molar-refractivity contribution in [2.45, 2.75) is 0 Å². The molecule has 0 atom stereocenters. The Bertz CT molecular complexity index is 3890. The Balaban J connectivity index is 1.68. The third-order valence-corrected chi connectivity index (χ3v) is 7.01. The summed E-state index contributed by atoms with van der Waals surface area (Å²) in [7, 11) is 0. The van der Waals surface area contributed by atoms with Crippen molar-refractivity contribution in [3.63, 3.8) is 0 Å². The number of hydrogen-bond donors (Lipinski definition) is 0. The predicted octanol–water partition coefficient (Wildman–Crippen LogP) is 12.0. The number of furan rings is 1. The van der Waals surface area contributed by atoms with Gasteiger partial charge in [0.25, 0.3) is 0 Å². The fraction of sp³-hybridized carbons (Fsp3) is 0. The van der Waals surface area contributed by atoms with E-state index in [4.69, 9.17) is 27.7 Å². The van der Waals surface area contributed by atoms with Crippen LogP contribution in [0.15, 0.2) is 162 Å². The van der Waals surface area contributed by atoms with Gasteiger partial charge in [-0.25, -0.2) is 0 Å². The zero-order chi connectivity index (χ0) is 51.0. The molecule has 0 bridgehead atoms. The minimum atomic E-state index is -1.08. The third-order valence-electron chi connectivity index (χ3n) is 7.01. The molecule has 43 heavy (non-hydrogen) atoms. The highest BCUT2D eigenvalue weighted by molar-refractivity contribution is 6.26. The first-order valence-electron chi connectivity index (χ1n) is 25.7. The summed E-state index contributed by atoms with van der Waals surface area (Å²) in [5, 5.41) is -5.23. The van der Waals surface area contributed by atoms with Crippen molar-refractivity contribution < 1.29 is 40.1 Å². The van der Waals surface area contributed by atoms with Crippen molar-refractivity contribution in [1.29, 1.82) is 0 Å². The van der Waals surface area contributed by atoms with Crippen LogP contribution < -0.4 is 0 Å². The first-order valence-corrected chi connectivity index (χ1v) is 12.7. The largest absolute Gasteiger partial charge is 0.456 e. The number of rotatable bonds is 3. The van der Waals surface area contributed by atoms with Crippen LogP contribution in [0.4, 0.5) is 0 Å². The van der Waals surface area contributed by atoms with Gasteiger partial charge >= 0.3 is 0 Å². The molecule has 0 fully saturated rings. The lowest BCUT2D eigenvalue weighted by atomic mass is 9.83.